The lowest BCUT2D eigenvalue weighted by atomic mass is 9.94. The van der Waals surface area contributed by atoms with Gasteiger partial charge in [0.15, 0.2) is 0 Å². The van der Waals surface area contributed by atoms with Crippen molar-refractivity contribution in [2.24, 2.45) is 0 Å². The SMILES string of the molecule is Cc1ccc(C(O)=C2C(=O)C(=O)N(Cc3ccccc3)C2c2cccc(O)c2)cc1. The number of benzene rings is 3. The predicted molar refractivity (Wildman–Crippen MR) is 114 cm³/mol. The first kappa shape index (κ1) is 19.5. The predicted octanol–water partition coefficient (Wildman–Crippen LogP) is 4.32. The topological polar surface area (TPSA) is 77.8 Å². The molecule has 5 heteroatoms. The fourth-order valence-corrected chi connectivity index (χ4v) is 3.73. The van der Waals surface area contributed by atoms with E-state index in [1.807, 2.05) is 49.4 Å². The zero-order chi connectivity index (χ0) is 21.3. The third-order valence-electron chi connectivity index (χ3n) is 5.25. The van der Waals surface area contributed by atoms with Crippen LogP contribution in [0.15, 0.2) is 84.4 Å². The number of ketones is 1. The number of aromatic hydroxyl groups is 1. The Hall–Kier alpha value is -3.86. The molecule has 4 rings (SSSR count). The number of rotatable bonds is 4. The van der Waals surface area contributed by atoms with E-state index in [1.54, 1.807) is 24.3 Å². The minimum absolute atomic E-state index is 0.0189. The Balaban J connectivity index is 1.87. The molecule has 0 radical (unpaired) electrons. The standard InChI is InChI=1S/C25H21NO4/c1-16-10-12-18(13-11-16)23(28)21-22(19-8-5-9-20(27)14-19)26(25(30)24(21)29)15-17-6-3-2-4-7-17/h2-14,22,27-28H,15H2,1H3. The van der Waals surface area contributed by atoms with Crippen molar-refractivity contribution in [1.82, 2.24) is 4.90 Å². The van der Waals surface area contributed by atoms with Gasteiger partial charge in [0.2, 0.25) is 0 Å². The van der Waals surface area contributed by atoms with Crippen molar-refractivity contribution in [3.8, 4) is 5.75 Å². The average Bonchev–Trinajstić information content (AvgIpc) is 2.99. The maximum atomic E-state index is 13.0. The lowest BCUT2D eigenvalue weighted by Crippen LogP contribution is -2.29. The Kier molecular flexibility index (Phi) is 5.11. The minimum atomic E-state index is -0.807. The smallest absolute Gasteiger partial charge is 0.295 e. The first-order valence-corrected chi connectivity index (χ1v) is 9.64. The lowest BCUT2D eigenvalue weighted by Gasteiger charge is -2.25. The second-order valence-electron chi connectivity index (χ2n) is 7.37. The number of aliphatic hydroxyl groups is 1. The summed E-state index contributed by atoms with van der Waals surface area (Å²) in [6, 6.07) is 22.1. The molecule has 1 amide bonds. The maximum Gasteiger partial charge on any atom is 0.295 e. The number of aliphatic hydroxyl groups excluding tert-OH is 1. The fourth-order valence-electron chi connectivity index (χ4n) is 3.73. The molecule has 0 aromatic heterocycles. The van der Waals surface area contributed by atoms with Crippen LogP contribution in [0.25, 0.3) is 5.76 Å². The molecule has 3 aromatic rings. The van der Waals surface area contributed by atoms with Gasteiger partial charge in [0.25, 0.3) is 11.7 Å². The summed E-state index contributed by atoms with van der Waals surface area (Å²) in [5.41, 5.74) is 2.91. The molecule has 5 nitrogen and oxygen atoms in total. The molecule has 3 aromatic carbocycles. The summed E-state index contributed by atoms with van der Waals surface area (Å²) in [6.45, 7) is 2.13. The van der Waals surface area contributed by atoms with Crippen LogP contribution in [-0.2, 0) is 16.1 Å². The Morgan fingerprint density at radius 3 is 2.30 bits per heavy atom. The average molecular weight is 399 g/mol. The molecule has 1 saturated heterocycles. The third-order valence-corrected chi connectivity index (χ3v) is 5.25. The number of nitrogens with zero attached hydrogens (tertiary/aromatic N) is 1. The molecule has 0 spiro atoms. The molecule has 150 valence electrons. The highest BCUT2D eigenvalue weighted by atomic mass is 16.3. The van der Waals surface area contributed by atoms with Crippen LogP contribution in [0.2, 0.25) is 0 Å². The van der Waals surface area contributed by atoms with E-state index in [4.69, 9.17) is 0 Å². The number of Topliss-reactive ketones (excluding diaryl/α,β-unsaturated/α-hetero) is 1. The highest BCUT2D eigenvalue weighted by Crippen LogP contribution is 2.40. The number of phenols is 1. The summed E-state index contributed by atoms with van der Waals surface area (Å²) in [4.78, 5) is 27.4. The van der Waals surface area contributed by atoms with E-state index < -0.39 is 17.7 Å². The number of carbonyl (C=O) groups is 2. The van der Waals surface area contributed by atoms with E-state index in [-0.39, 0.29) is 23.6 Å². The number of amides is 1. The highest BCUT2D eigenvalue weighted by Gasteiger charge is 2.46. The molecule has 1 aliphatic rings. The molecule has 2 N–H and O–H groups in total. The molecule has 1 heterocycles. The Morgan fingerprint density at radius 2 is 1.63 bits per heavy atom. The van der Waals surface area contributed by atoms with Crippen molar-refractivity contribution >= 4 is 17.4 Å². The number of hydrogen-bond acceptors (Lipinski definition) is 4. The van der Waals surface area contributed by atoms with Gasteiger partial charge in [0.05, 0.1) is 11.6 Å². The number of hydrogen-bond donors (Lipinski definition) is 2. The van der Waals surface area contributed by atoms with Gasteiger partial charge in [0, 0.05) is 12.1 Å². The molecule has 1 unspecified atom stereocenters. The number of carbonyl (C=O) groups excluding carboxylic acids is 2. The van der Waals surface area contributed by atoms with Gasteiger partial charge in [-0.05, 0) is 30.2 Å². The molecule has 1 atom stereocenters. The van der Waals surface area contributed by atoms with Crippen LogP contribution in [0.1, 0.15) is 28.3 Å². The summed E-state index contributed by atoms with van der Waals surface area (Å²) in [7, 11) is 0. The Bertz CT molecular complexity index is 1130. The van der Waals surface area contributed by atoms with Gasteiger partial charge in [0.1, 0.15) is 11.5 Å². The van der Waals surface area contributed by atoms with Gasteiger partial charge in [-0.15, -0.1) is 0 Å². The lowest BCUT2D eigenvalue weighted by molar-refractivity contribution is -0.140. The molecule has 1 aliphatic heterocycles. The van der Waals surface area contributed by atoms with Crippen molar-refractivity contribution in [3.63, 3.8) is 0 Å². The van der Waals surface area contributed by atoms with E-state index in [0.29, 0.717) is 11.1 Å². The Morgan fingerprint density at radius 1 is 0.933 bits per heavy atom. The van der Waals surface area contributed by atoms with Gasteiger partial charge in [-0.1, -0.05) is 72.3 Å². The summed E-state index contributed by atoms with van der Waals surface area (Å²) in [5.74, 6) is -1.62. The summed E-state index contributed by atoms with van der Waals surface area (Å²) in [6.07, 6.45) is 0. The van der Waals surface area contributed by atoms with Crippen molar-refractivity contribution in [2.75, 3.05) is 0 Å². The Labute approximate surface area is 174 Å². The van der Waals surface area contributed by atoms with Crippen molar-refractivity contribution in [2.45, 2.75) is 19.5 Å². The van der Waals surface area contributed by atoms with E-state index in [0.717, 1.165) is 11.1 Å². The molecule has 1 fully saturated rings. The summed E-state index contributed by atoms with van der Waals surface area (Å²) >= 11 is 0. The summed E-state index contributed by atoms with van der Waals surface area (Å²) < 4.78 is 0. The van der Waals surface area contributed by atoms with Gasteiger partial charge in [-0.2, -0.15) is 0 Å². The normalized spacial score (nSPS) is 18.0. The first-order chi connectivity index (χ1) is 14.5. The molecular weight excluding hydrogens is 378 g/mol. The van der Waals surface area contributed by atoms with Gasteiger partial charge < -0.3 is 15.1 Å². The van der Waals surface area contributed by atoms with Gasteiger partial charge in [-0.3, -0.25) is 9.59 Å². The molecule has 0 saturated carbocycles. The molecule has 0 bridgehead atoms. The van der Waals surface area contributed by atoms with E-state index in [2.05, 4.69) is 0 Å². The second kappa shape index (κ2) is 7.87. The van der Waals surface area contributed by atoms with E-state index >= 15 is 0 Å². The second-order valence-corrected chi connectivity index (χ2v) is 7.37. The van der Waals surface area contributed by atoms with Crippen molar-refractivity contribution in [1.29, 1.82) is 0 Å². The zero-order valence-corrected chi connectivity index (χ0v) is 16.4. The van der Waals surface area contributed by atoms with Crippen LogP contribution in [0.4, 0.5) is 0 Å². The van der Waals surface area contributed by atoms with E-state index in [1.165, 1.54) is 17.0 Å². The third kappa shape index (κ3) is 3.57. The number of phenolic OH excluding ortho intramolecular Hbond substituents is 1. The van der Waals surface area contributed by atoms with Crippen LogP contribution in [-0.4, -0.2) is 26.8 Å². The van der Waals surface area contributed by atoms with Crippen LogP contribution in [0, 0.1) is 6.92 Å². The van der Waals surface area contributed by atoms with Crippen LogP contribution in [0.5, 0.6) is 5.75 Å². The van der Waals surface area contributed by atoms with E-state index in [9.17, 15) is 19.8 Å². The number of likely N-dealkylation sites (tertiary alicyclic amines) is 1. The van der Waals surface area contributed by atoms with Crippen molar-refractivity contribution < 1.29 is 19.8 Å². The van der Waals surface area contributed by atoms with Crippen LogP contribution in [0.3, 0.4) is 0 Å². The van der Waals surface area contributed by atoms with Crippen LogP contribution < -0.4 is 0 Å². The van der Waals surface area contributed by atoms with Gasteiger partial charge in [-0.25, -0.2) is 0 Å². The van der Waals surface area contributed by atoms with Crippen molar-refractivity contribution in [3.05, 3.63) is 107 Å². The fraction of sp³-hybridized carbons (Fsp3) is 0.120. The van der Waals surface area contributed by atoms with Crippen LogP contribution >= 0.6 is 0 Å². The highest BCUT2D eigenvalue weighted by molar-refractivity contribution is 6.46. The monoisotopic (exact) mass is 399 g/mol. The maximum absolute atomic E-state index is 13.0. The molecule has 30 heavy (non-hydrogen) atoms. The number of aryl methyl sites for hydroxylation is 1. The largest absolute Gasteiger partial charge is 0.508 e. The zero-order valence-electron chi connectivity index (χ0n) is 16.4. The summed E-state index contributed by atoms with van der Waals surface area (Å²) in [5, 5.41) is 21.0. The quantitative estimate of drug-likeness (QED) is 0.389. The van der Waals surface area contributed by atoms with Gasteiger partial charge >= 0.3 is 0 Å². The molecule has 0 aliphatic carbocycles. The minimum Gasteiger partial charge on any atom is -0.508 e. The first-order valence-electron chi connectivity index (χ1n) is 9.64. The molecular formula is C25H21NO4.